The first-order chi connectivity index (χ1) is 11.2. The molecule has 5 heteroatoms. The SMILES string of the molecule is COCCCNC(=O)c1ccnc(NCc2ccccc2C)c1. The zero-order valence-electron chi connectivity index (χ0n) is 13.6. The topological polar surface area (TPSA) is 63.2 Å². The summed E-state index contributed by atoms with van der Waals surface area (Å²) in [6.45, 7) is 3.99. The average Bonchev–Trinajstić information content (AvgIpc) is 2.58. The normalized spacial score (nSPS) is 10.3. The molecule has 0 saturated carbocycles. The minimum absolute atomic E-state index is 0.0950. The van der Waals surface area contributed by atoms with Gasteiger partial charge in [-0.25, -0.2) is 4.98 Å². The van der Waals surface area contributed by atoms with E-state index in [4.69, 9.17) is 4.74 Å². The van der Waals surface area contributed by atoms with Gasteiger partial charge < -0.3 is 15.4 Å². The minimum Gasteiger partial charge on any atom is -0.385 e. The molecule has 2 rings (SSSR count). The van der Waals surface area contributed by atoms with Crippen LogP contribution in [0.3, 0.4) is 0 Å². The van der Waals surface area contributed by atoms with E-state index in [2.05, 4.69) is 34.7 Å². The average molecular weight is 313 g/mol. The highest BCUT2D eigenvalue weighted by Crippen LogP contribution is 2.11. The molecule has 1 aromatic heterocycles. The Morgan fingerprint density at radius 2 is 2.09 bits per heavy atom. The molecule has 5 nitrogen and oxygen atoms in total. The quantitative estimate of drug-likeness (QED) is 0.736. The molecule has 0 fully saturated rings. The Labute approximate surface area is 137 Å². The molecule has 2 N–H and O–H groups in total. The Kier molecular flexibility index (Phi) is 6.56. The van der Waals surface area contributed by atoms with Crippen molar-refractivity contribution in [2.24, 2.45) is 0 Å². The molecule has 0 unspecified atom stereocenters. The number of anilines is 1. The number of methoxy groups -OCH3 is 1. The van der Waals surface area contributed by atoms with Gasteiger partial charge >= 0.3 is 0 Å². The summed E-state index contributed by atoms with van der Waals surface area (Å²) < 4.78 is 4.96. The van der Waals surface area contributed by atoms with Gasteiger partial charge in [-0.05, 0) is 36.6 Å². The van der Waals surface area contributed by atoms with Gasteiger partial charge in [-0.1, -0.05) is 24.3 Å². The number of nitrogens with one attached hydrogen (secondary N) is 2. The minimum atomic E-state index is -0.0950. The summed E-state index contributed by atoms with van der Waals surface area (Å²) >= 11 is 0. The fourth-order valence-corrected chi connectivity index (χ4v) is 2.18. The third-order valence-electron chi connectivity index (χ3n) is 3.55. The lowest BCUT2D eigenvalue weighted by Crippen LogP contribution is -2.25. The van der Waals surface area contributed by atoms with Crippen molar-refractivity contribution in [2.75, 3.05) is 25.6 Å². The van der Waals surface area contributed by atoms with E-state index in [0.717, 1.165) is 6.42 Å². The Morgan fingerprint density at radius 1 is 1.26 bits per heavy atom. The molecule has 0 aliphatic rings. The van der Waals surface area contributed by atoms with E-state index in [0.29, 0.717) is 31.1 Å². The number of carbonyl (C=O) groups is 1. The Hall–Kier alpha value is -2.40. The molecule has 23 heavy (non-hydrogen) atoms. The van der Waals surface area contributed by atoms with E-state index >= 15 is 0 Å². The maximum atomic E-state index is 12.1. The van der Waals surface area contributed by atoms with Crippen molar-refractivity contribution in [3.05, 3.63) is 59.3 Å². The van der Waals surface area contributed by atoms with Gasteiger partial charge in [-0.2, -0.15) is 0 Å². The summed E-state index contributed by atoms with van der Waals surface area (Å²) in [5.74, 6) is 0.597. The van der Waals surface area contributed by atoms with Gasteiger partial charge in [-0.3, -0.25) is 4.79 Å². The maximum absolute atomic E-state index is 12.1. The van der Waals surface area contributed by atoms with E-state index in [9.17, 15) is 4.79 Å². The zero-order valence-corrected chi connectivity index (χ0v) is 13.6. The maximum Gasteiger partial charge on any atom is 0.251 e. The van der Waals surface area contributed by atoms with E-state index in [1.165, 1.54) is 11.1 Å². The summed E-state index contributed by atoms with van der Waals surface area (Å²) in [5.41, 5.74) is 3.04. The lowest BCUT2D eigenvalue weighted by atomic mass is 10.1. The van der Waals surface area contributed by atoms with Gasteiger partial charge in [0.1, 0.15) is 5.82 Å². The number of ether oxygens (including phenoxy) is 1. The van der Waals surface area contributed by atoms with Crippen LogP contribution < -0.4 is 10.6 Å². The molecular weight excluding hydrogens is 290 g/mol. The van der Waals surface area contributed by atoms with Crippen LogP contribution in [0.25, 0.3) is 0 Å². The number of carbonyl (C=O) groups excluding carboxylic acids is 1. The fraction of sp³-hybridized carbons (Fsp3) is 0.333. The van der Waals surface area contributed by atoms with Crippen molar-refractivity contribution in [1.29, 1.82) is 0 Å². The van der Waals surface area contributed by atoms with Gasteiger partial charge in [0.05, 0.1) is 0 Å². The number of hydrogen-bond acceptors (Lipinski definition) is 4. The Morgan fingerprint density at radius 3 is 2.87 bits per heavy atom. The molecule has 0 bridgehead atoms. The number of pyridine rings is 1. The summed E-state index contributed by atoms with van der Waals surface area (Å²) in [6.07, 6.45) is 2.44. The van der Waals surface area contributed by atoms with Crippen LogP contribution in [0.15, 0.2) is 42.6 Å². The highest BCUT2D eigenvalue weighted by molar-refractivity contribution is 5.94. The van der Waals surface area contributed by atoms with Crippen molar-refractivity contribution in [3.8, 4) is 0 Å². The van der Waals surface area contributed by atoms with E-state index in [1.54, 1.807) is 25.4 Å². The van der Waals surface area contributed by atoms with E-state index in [1.807, 2.05) is 12.1 Å². The molecule has 0 saturated heterocycles. The predicted molar refractivity (Wildman–Crippen MR) is 91.6 cm³/mol. The van der Waals surface area contributed by atoms with Crippen LogP contribution in [0.2, 0.25) is 0 Å². The smallest absolute Gasteiger partial charge is 0.251 e. The first kappa shape index (κ1) is 17.0. The number of aryl methyl sites for hydroxylation is 1. The van der Waals surface area contributed by atoms with Gasteiger partial charge in [-0.15, -0.1) is 0 Å². The fourth-order valence-electron chi connectivity index (χ4n) is 2.18. The van der Waals surface area contributed by atoms with Crippen molar-refractivity contribution in [2.45, 2.75) is 19.9 Å². The number of benzene rings is 1. The largest absolute Gasteiger partial charge is 0.385 e. The monoisotopic (exact) mass is 313 g/mol. The van der Waals surface area contributed by atoms with Crippen LogP contribution in [0, 0.1) is 6.92 Å². The summed E-state index contributed by atoms with van der Waals surface area (Å²) in [4.78, 5) is 16.3. The van der Waals surface area contributed by atoms with Crippen molar-refractivity contribution < 1.29 is 9.53 Å². The third kappa shape index (κ3) is 5.38. The number of amides is 1. The van der Waals surface area contributed by atoms with Crippen LogP contribution in [0.5, 0.6) is 0 Å². The van der Waals surface area contributed by atoms with Crippen LogP contribution in [-0.2, 0) is 11.3 Å². The van der Waals surface area contributed by atoms with Crippen LogP contribution >= 0.6 is 0 Å². The van der Waals surface area contributed by atoms with Crippen molar-refractivity contribution in [1.82, 2.24) is 10.3 Å². The zero-order chi connectivity index (χ0) is 16.5. The lowest BCUT2D eigenvalue weighted by molar-refractivity contribution is 0.0948. The highest BCUT2D eigenvalue weighted by atomic mass is 16.5. The molecular formula is C18H23N3O2. The molecule has 2 aromatic rings. The molecule has 0 atom stereocenters. The first-order valence-corrected chi connectivity index (χ1v) is 7.72. The summed E-state index contributed by atoms with van der Waals surface area (Å²) in [7, 11) is 1.65. The molecule has 122 valence electrons. The second kappa shape index (κ2) is 8.90. The molecule has 0 radical (unpaired) electrons. The van der Waals surface area contributed by atoms with E-state index < -0.39 is 0 Å². The van der Waals surface area contributed by atoms with Gasteiger partial charge in [0, 0.05) is 38.6 Å². The second-order valence-electron chi connectivity index (χ2n) is 5.31. The number of nitrogens with zero attached hydrogens (tertiary/aromatic N) is 1. The number of rotatable bonds is 8. The third-order valence-corrected chi connectivity index (χ3v) is 3.55. The molecule has 0 aliphatic carbocycles. The number of aromatic nitrogens is 1. The molecule has 1 amide bonds. The highest BCUT2D eigenvalue weighted by Gasteiger charge is 2.06. The molecule has 1 heterocycles. The van der Waals surface area contributed by atoms with Gasteiger partial charge in [0.25, 0.3) is 5.91 Å². The summed E-state index contributed by atoms with van der Waals surface area (Å²) in [5, 5.41) is 6.13. The lowest BCUT2D eigenvalue weighted by Gasteiger charge is -2.10. The van der Waals surface area contributed by atoms with E-state index in [-0.39, 0.29) is 5.91 Å². The van der Waals surface area contributed by atoms with Crippen molar-refractivity contribution >= 4 is 11.7 Å². The summed E-state index contributed by atoms with van der Waals surface area (Å²) in [6, 6.07) is 11.7. The Bertz CT molecular complexity index is 644. The Balaban J connectivity index is 1.91. The molecule has 0 aliphatic heterocycles. The first-order valence-electron chi connectivity index (χ1n) is 7.72. The van der Waals surface area contributed by atoms with Gasteiger partial charge in [0.15, 0.2) is 0 Å². The van der Waals surface area contributed by atoms with Crippen LogP contribution in [-0.4, -0.2) is 31.2 Å². The predicted octanol–water partition coefficient (Wildman–Crippen LogP) is 2.77. The van der Waals surface area contributed by atoms with Crippen LogP contribution in [0.1, 0.15) is 27.9 Å². The second-order valence-corrected chi connectivity index (χ2v) is 5.31. The van der Waals surface area contributed by atoms with Crippen LogP contribution in [0.4, 0.5) is 5.82 Å². The number of hydrogen-bond donors (Lipinski definition) is 2. The van der Waals surface area contributed by atoms with Gasteiger partial charge in [0.2, 0.25) is 0 Å². The molecule has 0 spiro atoms. The molecule has 1 aromatic carbocycles. The standard InChI is InChI=1S/C18H23N3O2/c1-14-6-3-4-7-16(14)13-21-17-12-15(8-10-19-17)18(22)20-9-5-11-23-2/h3-4,6-8,10,12H,5,9,11,13H2,1-2H3,(H,19,21)(H,20,22). The van der Waals surface area contributed by atoms with Crippen molar-refractivity contribution in [3.63, 3.8) is 0 Å².